The second-order valence-corrected chi connectivity index (χ2v) is 5.51. The van der Waals surface area contributed by atoms with E-state index in [9.17, 15) is 4.79 Å². The van der Waals surface area contributed by atoms with Gasteiger partial charge in [-0.1, -0.05) is 0 Å². The molecular weight excluding hydrogens is 242 g/mol. The van der Waals surface area contributed by atoms with Gasteiger partial charge in [-0.3, -0.25) is 4.98 Å². The van der Waals surface area contributed by atoms with Crippen LogP contribution in [0.4, 0.5) is 4.79 Å². The van der Waals surface area contributed by atoms with Gasteiger partial charge in [-0.2, -0.15) is 0 Å². The first-order valence-corrected chi connectivity index (χ1v) is 6.79. The number of amides is 1. The van der Waals surface area contributed by atoms with Crippen molar-refractivity contribution >= 4 is 6.09 Å². The number of hydrogen-bond donors (Lipinski definition) is 1. The van der Waals surface area contributed by atoms with Crippen molar-refractivity contribution < 1.29 is 9.53 Å². The van der Waals surface area contributed by atoms with E-state index in [1.807, 2.05) is 17.0 Å². The Kier molecular flexibility index (Phi) is 3.38. The first-order valence-electron chi connectivity index (χ1n) is 6.79. The number of hydrogen-bond acceptors (Lipinski definition) is 4. The van der Waals surface area contributed by atoms with Gasteiger partial charge in [-0.05, 0) is 37.1 Å². The fraction of sp³-hybridized carbons (Fsp3) is 0.571. The molecule has 5 heteroatoms. The monoisotopic (exact) mass is 261 g/mol. The summed E-state index contributed by atoms with van der Waals surface area (Å²) in [5.74, 6) is 0. The molecule has 3 rings (SSSR count). The minimum absolute atomic E-state index is 0.194. The lowest BCUT2D eigenvalue weighted by Crippen LogP contribution is -2.33. The number of pyridine rings is 1. The fourth-order valence-corrected chi connectivity index (χ4v) is 2.95. The normalized spacial score (nSPS) is 26.0. The van der Waals surface area contributed by atoms with Crippen LogP contribution in [0.15, 0.2) is 24.5 Å². The van der Waals surface area contributed by atoms with Crippen molar-refractivity contribution in [1.29, 1.82) is 0 Å². The molecule has 2 aliphatic rings. The van der Waals surface area contributed by atoms with Crippen LogP contribution in [0.25, 0.3) is 0 Å². The first-order chi connectivity index (χ1) is 9.27. The first kappa shape index (κ1) is 12.4. The Bertz CT molecular complexity index is 443. The fourth-order valence-electron chi connectivity index (χ4n) is 2.95. The molecule has 0 saturated carbocycles. The third-order valence-electron chi connectivity index (χ3n) is 4.14. The van der Waals surface area contributed by atoms with Gasteiger partial charge in [0.2, 0.25) is 0 Å². The van der Waals surface area contributed by atoms with Gasteiger partial charge in [0.05, 0.1) is 0 Å². The Hall–Kier alpha value is -1.62. The lowest BCUT2D eigenvalue weighted by atomic mass is 9.87. The zero-order valence-electron chi connectivity index (χ0n) is 11.0. The molecule has 19 heavy (non-hydrogen) atoms. The van der Waals surface area contributed by atoms with E-state index in [1.54, 1.807) is 12.4 Å². The van der Waals surface area contributed by atoms with E-state index in [-0.39, 0.29) is 6.09 Å². The number of carbonyl (C=O) groups is 1. The van der Waals surface area contributed by atoms with Crippen LogP contribution in [0.5, 0.6) is 0 Å². The number of carbonyl (C=O) groups excluding carboxylic acids is 1. The molecule has 1 aromatic rings. The highest BCUT2D eigenvalue weighted by Crippen LogP contribution is 2.36. The molecule has 0 radical (unpaired) electrons. The largest absolute Gasteiger partial charge is 0.445 e. The molecule has 1 N–H and O–H groups in total. The van der Waals surface area contributed by atoms with Gasteiger partial charge >= 0.3 is 6.09 Å². The summed E-state index contributed by atoms with van der Waals surface area (Å²) in [6.07, 6.45) is 5.47. The van der Waals surface area contributed by atoms with Crippen molar-refractivity contribution in [3.8, 4) is 0 Å². The maximum absolute atomic E-state index is 12.0. The Morgan fingerprint density at radius 1 is 1.42 bits per heavy atom. The third kappa shape index (κ3) is 2.71. The molecule has 1 amide bonds. The summed E-state index contributed by atoms with van der Waals surface area (Å²) in [6, 6.07) is 3.72. The van der Waals surface area contributed by atoms with Crippen LogP contribution in [-0.4, -0.2) is 42.2 Å². The van der Waals surface area contributed by atoms with Crippen LogP contribution >= 0.6 is 0 Å². The van der Waals surface area contributed by atoms with Gasteiger partial charge in [0.15, 0.2) is 0 Å². The topological polar surface area (TPSA) is 54.5 Å². The summed E-state index contributed by atoms with van der Waals surface area (Å²) >= 11 is 0. The van der Waals surface area contributed by atoms with E-state index in [1.165, 1.54) is 6.42 Å². The van der Waals surface area contributed by atoms with Crippen molar-refractivity contribution in [3.05, 3.63) is 30.1 Å². The van der Waals surface area contributed by atoms with Crippen LogP contribution in [0.2, 0.25) is 0 Å². The Labute approximate surface area is 113 Å². The van der Waals surface area contributed by atoms with Crippen molar-refractivity contribution in [2.75, 3.05) is 26.2 Å². The Morgan fingerprint density at radius 3 is 3.00 bits per heavy atom. The zero-order valence-corrected chi connectivity index (χ0v) is 11.0. The molecule has 2 fully saturated rings. The van der Waals surface area contributed by atoms with E-state index in [0.717, 1.165) is 38.2 Å². The number of aromatic nitrogens is 1. The van der Waals surface area contributed by atoms with E-state index >= 15 is 0 Å². The maximum atomic E-state index is 12.0. The lowest BCUT2D eigenvalue weighted by Gasteiger charge is -2.22. The summed E-state index contributed by atoms with van der Waals surface area (Å²) in [4.78, 5) is 17.8. The summed E-state index contributed by atoms with van der Waals surface area (Å²) in [7, 11) is 0. The summed E-state index contributed by atoms with van der Waals surface area (Å²) in [5.41, 5.74) is 1.27. The molecule has 1 unspecified atom stereocenters. The molecule has 1 aromatic heterocycles. The van der Waals surface area contributed by atoms with Crippen LogP contribution < -0.4 is 5.32 Å². The molecule has 3 heterocycles. The molecule has 102 valence electrons. The average Bonchev–Trinajstić information content (AvgIpc) is 3.08. The van der Waals surface area contributed by atoms with Gasteiger partial charge in [-0.25, -0.2) is 4.79 Å². The molecule has 0 aromatic carbocycles. The van der Waals surface area contributed by atoms with E-state index < -0.39 is 0 Å². The molecule has 0 aliphatic carbocycles. The number of likely N-dealkylation sites (tertiary alicyclic amines) is 1. The van der Waals surface area contributed by atoms with Crippen LogP contribution in [0.3, 0.4) is 0 Å². The standard InChI is InChI=1S/C14H19N3O2/c18-13(19-9-12-1-5-15-6-2-12)17-8-4-14(11-17)3-7-16-10-14/h1-2,5-6,16H,3-4,7-11H2. The highest BCUT2D eigenvalue weighted by molar-refractivity contribution is 5.68. The predicted molar refractivity (Wildman–Crippen MR) is 70.5 cm³/mol. The molecule has 1 atom stereocenters. The molecule has 2 saturated heterocycles. The number of nitrogens with one attached hydrogen (secondary N) is 1. The van der Waals surface area contributed by atoms with Gasteiger partial charge in [0.25, 0.3) is 0 Å². The quantitative estimate of drug-likeness (QED) is 0.874. The highest BCUT2D eigenvalue weighted by atomic mass is 16.6. The molecular formula is C14H19N3O2. The van der Waals surface area contributed by atoms with Crippen molar-refractivity contribution in [1.82, 2.24) is 15.2 Å². The smallest absolute Gasteiger partial charge is 0.410 e. The molecule has 2 aliphatic heterocycles. The van der Waals surface area contributed by atoms with Crippen LogP contribution in [-0.2, 0) is 11.3 Å². The number of ether oxygens (including phenoxy) is 1. The molecule has 0 bridgehead atoms. The summed E-state index contributed by atoms with van der Waals surface area (Å²) < 4.78 is 5.35. The third-order valence-corrected chi connectivity index (χ3v) is 4.14. The highest BCUT2D eigenvalue weighted by Gasteiger charge is 2.42. The summed E-state index contributed by atoms with van der Waals surface area (Å²) in [6.45, 7) is 4.07. The molecule has 1 spiro atoms. The van der Waals surface area contributed by atoms with E-state index in [2.05, 4.69) is 10.3 Å². The number of rotatable bonds is 2. The van der Waals surface area contributed by atoms with Gasteiger partial charge in [0.1, 0.15) is 6.61 Å². The average molecular weight is 261 g/mol. The Morgan fingerprint density at radius 2 is 2.26 bits per heavy atom. The SMILES string of the molecule is O=C(OCc1ccncc1)N1CCC2(CCNC2)C1. The van der Waals surface area contributed by atoms with Crippen LogP contribution in [0.1, 0.15) is 18.4 Å². The van der Waals surface area contributed by atoms with Gasteiger partial charge in [0, 0.05) is 37.4 Å². The van der Waals surface area contributed by atoms with Crippen molar-refractivity contribution in [2.45, 2.75) is 19.4 Å². The number of nitrogens with zero attached hydrogens (tertiary/aromatic N) is 2. The summed E-state index contributed by atoms with van der Waals surface area (Å²) in [5, 5.41) is 3.39. The maximum Gasteiger partial charge on any atom is 0.410 e. The second-order valence-electron chi connectivity index (χ2n) is 5.51. The minimum Gasteiger partial charge on any atom is -0.445 e. The van der Waals surface area contributed by atoms with Gasteiger partial charge < -0.3 is 15.0 Å². The van der Waals surface area contributed by atoms with Crippen molar-refractivity contribution in [2.24, 2.45) is 5.41 Å². The molecule has 5 nitrogen and oxygen atoms in total. The zero-order chi connectivity index (χ0) is 13.1. The van der Waals surface area contributed by atoms with E-state index in [0.29, 0.717) is 12.0 Å². The van der Waals surface area contributed by atoms with Gasteiger partial charge in [-0.15, -0.1) is 0 Å². The van der Waals surface area contributed by atoms with Crippen molar-refractivity contribution in [3.63, 3.8) is 0 Å². The second kappa shape index (κ2) is 5.17. The minimum atomic E-state index is -0.194. The lowest BCUT2D eigenvalue weighted by molar-refractivity contribution is 0.100. The van der Waals surface area contributed by atoms with Crippen LogP contribution in [0, 0.1) is 5.41 Å². The predicted octanol–water partition coefficient (Wildman–Crippen LogP) is 1.40. The Balaban J connectivity index is 1.51. The van der Waals surface area contributed by atoms with E-state index in [4.69, 9.17) is 4.74 Å².